The first kappa shape index (κ1) is 9.32. The first-order chi connectivity index (χ1) is 6.16. The number of rotatable bonds is 2. The molecule has 0 bridgehead atoms. The Kier molecular flexibility index (Phi) is 2.50. The van der Waals surface area contributed by atoms with Crippen molar-refractivity contribution in [2.75, 3.05) is 0 Å². The van der Waals surface area contributed by atoms with Crippen LogP contribution in [0.5, 0.6) is 0 Å². The second-order valence-corrected chi connectivity index (χ2v) is 4.44. The van der Waals surface area contributed by atoms with Crippen molar-refractivity contribution in [3.05, 3.63) is 33.8 Å². The molecule has 0 aliphatic heterocycles. The molecule has 70 valence electrons. The van der Waals surface area contributed by atoms with Gasteiger partial charge in [-0.15, -0.1) is 0 Å². The van der Waals surface area contributed by atoms with Gasteiger partial charge in [0.1, 0.15) is 0 Å². The lowest BCUT2D eigenvalue weighted by atomic mass is 10.0. The monoisotopic (exact) mass is 215 g/mol. The molecular formula is C10H11Cl2N. The zero-order chi connectivity index (χ0) is 9.42. The third-order valence-electron chi connectivity index (χ3n) is 2.40. The van der Waals surface area contributed by atoms with Crippen molar-refractivity contribution >= 4 is 23.2 Å². The average Bonchev–Trinajstić information content (AvgIpc) is 2.83. The van der Waals surface area contributed by atoms with Gasteiger partial charge in [0.25, 0.3) is 0 Å². The second kappa shape index (κ2) is 3.49. The molecule has 0 unspecified atom stereocenters. The third-order valence-corrected chi connectivity index (χ3v) is 2.84. The molecule has 1 aromatic carbocycles. The lowest BCUT2D eigenvalue weighted by molar-refractivity contribution is 0.633. The summed E-state index contributed by atoms with van der Waals surface area (Å²) in [5.74, 6) is 0.634. The van der Waals surface area contributed by atoms with Gasteiger partial charge in [-0.25, -0.2) is 0 Å². The molecule has 0 radical (unpaired) electrons. The first-order valence-corrected chi connectivity index (χ1v) is 5.14. The Labute approximate surface area is 87.8 Å². The molecule has 2 N–H and O–H groups in total. The minimum absolute atomic E-state index is 0.108. The number of benzene rings is 1. The Balaban J connectivity index is 2.27. The molecular weight excluding hydrogens is 205 g/mol. The first-order valence-electron chi connectivity index (χ1n) is 4.38. The molecule has 1 nitrogen and oxygen atoms in total. The fourth-order valence-corrected chi connectivity index (χ4v) is 2.04. The summed E-state index contributed by atoms with van der Waals surface area (Å²) in [6, 6.07) is 5.63. The normalized spacial score (nSPS) is 18.7. The third kappa shape index (κ3) is 2.16. The van der Waals surface area contributed by atoms with Gasteiger partial charge >= 0.3 is 0 Å². The van der Waals surface area contributed by atoms with Gasteiger partial charge in [-0.05, 0) is 42.5 Å². The van der Waals surface area contributed by atoms with Crippen LogP contribution in [0.4, 0.5) is 0 Å². The van der Waals surface area contributed by atoms with E-state index in [9.17, 15) is 0 Å². The summed E-state index contributed by atoms with van der Waals surface area (Å²) in [7, 11) is 0. The number of halogens is 2. The van der Waals surface area contributed by atoms with Crippen LogP contribution in [0.1, 0.15) is 24.4 Å². The van der Waals surface area contributed by atoms with E-state index >= 15 is 0 Å². The summed E-state index contributed by atoms with van der Waals surface area (Å²) in [6.07, 6.45) is 2.45. The van der Waals surface area contributed by atoms with Crippen molar-refractivity contribution in [2.45, 2.75) is 18.9 Å². The maximum Gasteiger partial charge on any atom is 0.0424 e. The summed E-state index contributed by atoms with van der Waals surface area (Å²) < 4.78 is 0. The van der Waals surface area contributed by atoms with Crippen LogP contribution in [-0.4, -0.2) is 0 Å². The fourth-order valence-electron chi connectivity index (χ4n) is 1.50. The summed E-state index contributed by atoms with van der Waals surface area (Å²) in [5, 5.41) is 1.33. The molecule has 1 aliphatic rings. The molecule has 1 fully saturated rings. The molecule has 0 saturated heterocycles. The maximum atomic E-state index is 6.02. The molecule has 1 aromatic rings. The molecule has 0 aromatic heterocycles. The maximum absolute atomic E-state index is 6.02. The zero-order valence-electron chi connectivity index (χ0n) is 7.13. The topological polar surface area (TPSA) is 26.0 Å². The summed E-state index contributed by atoms with van der Waals surface area (Å²) in [4.78, 5) is 0. The minimum Gasteiger partial charge on any atom is -0.324 e. The van der Waals surface area contributed by atoms with Gasteiger partial charge in [0, 0.05) is 16.1 Å². The van der Waals surface area contributed by atoms with E-state index in [2.05, 4.69) is 0 Å². The smallest absolute Gasteiger partial charge is 0.0424 e. The molecule has 13 heavy (non-hydrogen) atoms. The molecule has 0 spiro atoms. The van der Waals surface area contributed by atoms with E-state index in [0.717, 1.165) is 5.56 Å². The van der Waals surface area contributed by atoms with Crippen molar-refractivity contribution in [2.24, 2.45) is 11.7 Å². The predicted molar refractivity (Wildman–Crippen MR) is 56.1 cm³/mol. The Bertz CT molecular complexity index is 300. The summed E-state index contributed by atoms with van der Waals surface area (Å²) >= 11 is 11.8. The van der Waals surface area contributed by atoms with Gasteiger partial charge in [-0.2, -0.15) is 0 Å². The van der Waals surface area contributed by atoms with Crippen molar-refractivity contribution in [1.29, 1.82) is 0 Å². The van der Waals surface area contributed by atoms with Crippen LogP contribution in [0.15, 0.2) is 18.2 Å². The highest BCUT2D eigenvalue weighted by molar-refractivity contribution is 6.34. The summed E-state index contributed by atoms with van der Waals surface area (Å²) in [5.41, 5.74) is 7.08. The Hall–Kier alpha value is -0.240. The van der Waals surface area contributed by atoms with Crippen molar-refractivity contribution in [1.82, 2.24) is 0 Å². The van der Waals surface area contributed by atoms with E-state index in [1.165, 1.54) is 12.8 Å². The highest BCUT2D eigenvalue weighted by Crippen LogP contribution is 2.40. The van der Waals surface area contributed by atoms with Crippen molar-refractivity contribution in [3.8, 4) is 0 Å². The zero-order valence-corrected chi connectivity index (χ0v) is 8.65. The number of hydrogen-bond acceptors (Lipinski definition) is 1. The molecule has 3 heteroatoms. The van der Waals surface area contributed by atoms with Crippen LogP contribution in [-0.2, 0) is 0 Å². The molecule has 1 saturated carbocycles. The van der Waals surface area contributed by atoms with Crippen LogP contribution in [0.3, 0.4) is 0 Å². The van der Waals surface area contributed by atoms with Gasteiger partial charge in [-0.3, -0.25) is 0 Å². The Morgan fingerprint density at radius 3 is 2.15 bits per heavy atom. The average molecular weight is 216 g/mol. The lowest BCUT2D eigenvalue weighted by Gasteiger charge is -2.11. The minimum atomic E-state index is 0.108. The van der Waals surface area contributed by atoms with Gasteiger partial charge in [0.15, 0.2) is 0 Å². The van der Waals surface area contributed by atoms with Crippen molar-refractivity contribution in [3.63, 3.8) is 0 Å². The van der Waals surface area contributed by atoms with E-state index in [-0.39, 0.29) is 6.04 Å². The van der Waals surface area contributed by atoms with Gasteiger partial charge in [0.05, 0.1) is 0 Å². The van der Waals surface area contributed by atoms with Crippen LogP contribution < -0.4 is 5.73 Å². The molecule has 2 rings (SSSR count). The van der Waals surface area contributed by atoms with Gasteiger partial charge in [-0.1, -0.05) is 23.2 Å². The van der Waals surface area contributed by atoms with E-state index in [0.29, 0.717) is 16.0 Å². The second-order valence-electron chi connectivity index (χ2n) is 3.57. The van der Waals surface area contributed by atoms with Crippen LogP contribution >= 0.6 is 23.2 Å². The standard InChI is InChI=1S/C10H11Cl2N/c11-8-3-7(4-9(12)5-8)10(13)6-1-2-6/h3-6,10H,1-2,13H2/t10-/m1/s1. The van der Waals surface area contributed by atoms with Gasteiger partial charge in [0.2, 0.25) is 0 Å². The van der Waals surface area contributed by atoms with Crippen LogP contribution in [0, 0.1) is 5.92 Å². The molecule has 1 aliphatic carbocycles. The number of nitrogens with two attached hydrogens (primary N) is 1. The quantitative estimate of drug-likeness (QED) is 0.805. The number of hydrogen-bond donors (Lipinski definition) is 1. The Morgan fingerprint density at radius 1 is 1.15 bits per heavy atom. The largest absolute Gasteiger partial charge is 0.324 e. The van der Waals surface area contributed by atoms with E-state index in [4.69, 9.17) is 28.9 Å². The lowest BCUT2D eigenvalue weighted by Crippen LogP contribution is -2.12. The SMILES string of the molecule is N[C@@H](c1cc(Cl)cc(Cl)c1)C1CC1. The Morgan fingerprint density at radius 2 is 1.69 bits per heavy atom. The van der Waals surface area contributed by atoms with E-state index in [1.807, 2.05) is 12.1 Å². The van der Waals surface area contributed by atoms with Crippen molar-refractivity contribution < 1.29 is 0 Å². The molecule has 0 heterocycles. The molecule has 1 atom stereocenters. The van der Waals surface area contributed by atoms with E-state index < -0.39 is 0 Å². The predicted octanol–water partition coefficient (Wildman–Crippen LogP) is 3.40. The van der Waals surface area contributed by atoms with Crippen LogP contribution in [0.2, 0.25) is 10.0 Å². The molecule has 0 amide bonds. The summed E-state index contributed by atoms with van der Waals surface area (Å²) in [6.45, 7) is 0. The van der Waals surface area contributed by atoms with Crippen LogP contribution in [0.25, 0.3) is 0 Å². The highest BCUT2D eigenvalue weighted by Gasteiger charge is 2.29. The highest BCUT2D eigenvalue weighted by atomic mass is 35.5. The van der Waals surface area contributed by atoms with E-state index in [1.54, 1.807) is 6.07 Å². The fraction of sp³-hybridized carbons (Fsp3) is 0.400. The van der Waals surface area contributed by atoms with Gasteiger partial charge < -0.3 is 5.73 Å².